The third kappa shape index (κ3) is 3.40. The highest BCUT2D eigenvalue weighted by Gasteiger charge is 2.17. The fourth-order valence-corrected chi connectivity index (χ4v) is 2.94. The van der Waals surface area contributed by atoms with Gasteiger partial charge in [-0.25, -0.2) is 0 Å². The summed E-state index contributed by atoms with van der Waals surface area (Å²) >= 11 is 1.61. The van der Waals surface area contributed by atoms with Crippen LogP contribution in [0.2, 0.25) is 0 Å². The molecular formula is C13H16O4S. The van der Waals surface area contributed by atoms with Gasteiger partial charge in [0.05, 0.1) is 11.3 Å². The number of ether oxygens (including phenoxy) is 1. The Bertz CT molecular complexity index is 427. The maximum atomic E-state index is 11.9. The van der Waals surface area contributed by atoms with Gasteiger partial charge in [0.15, 0.2) is 5.78 Å². The number of hydrogen-bond acceptors (Lipinski definition) is 5. The predicted octanol–water partition coefficient (Wildman–Crippen LogP) is 2.19. The summed E-state index contributed by atoms with van der Waals surface area (Å²) < 4.78 is 5.26. The van der Waals surface area contributed by atoms with E-state index in [1.54, 1.807) is 11.8 Å². The average molecular weight is 268 g/mol. The number of aromatic hydroxyl groups is 2. The van der Waals surface area contributed by atoms with Crippen LogP contribution in [0.4, 0.5) is 0 Å². The maximum Gasteiger partial charge on any atom is 0.176 e. The first-order valence-corrected chi connectivity index (χ1v) is 6.96. The summed E-state index contributed by atoms with van der Waals surface area (Å²) in [6, 6.07) is 4.05. The zero-order valence-electron chi connectivity index (χ0n) is 9.96. The minimum Gasteiger partial charge on any atom is -0.508 e. The molecule has 1 heterocycles. The van der Waals surface area contributed by atoms with E-state index in [9.17, 15) is 9.90 Å². The van der Waals surface area contributed by atoms with Gasteiger partial charge in [0, 0.05) is 24.5 Å². The van der Waals surface area contributed by atoms with Gasteiger partial charge in [0.2, 0.25) is 0 Å². The Morgan fingerprint density at radius 3 is 2.72 bits per heavy atom. The zero-order chi connectivity index (χ0) is 13.0. The first kappa shape index (κ1) is 13.2. The molecule has 0 radical (unpaired) electrons. The van der Waals surface area contributed by atoms with Crippen molar-refractivity contribution in [1.82, 2.24) is 0 Å². The third-order valence-electron chi connectivity index (χ3n) is 2.90. The minimum atomic E-state index is -0.160. The van der Waals surface area contributed by atoms with Crippen LogP contribution in [-0.2, 0) is 4.74 Å². The number of carbonyl (C=O) groups is 1. The topological polar surface area (TPSA) is 66.8 Å². The standard InChI is InChI=1S/C13H16O4S/c14-9-1-2-11(12(15)7-9)13(16)8-18-10-3-5-17-6-4-10/h1-2,7,10,14-15H,3-6,8H2. The Morgan fingerprint density at radius 1 is 1.33 bits per heavy atom. The summed E-state index contributed by atoms with van der Waals surface area (Å²) in [6.07, 6.45) is 1.94. The number of rotatable bonds is 4. The fourth-order valence-electron chi connectivity index (χ4n) is 1.87. The third-order valence-corrected chi connectivity index (χ3v) is 4.27. The lowest BCUT2D eigenvalue weighted by atomic mass is 10.1. The molecule has 5 heteroatoms. The molecule has 0 amide bonds. The minimum absolute atomic E-state index is 0.0406. The monoisotopic (exact) mass is 268 g/mol. The van der Waals surface area contributed by atoms with E-state index in [1.807, 2.05) is 0 Å². The lowest BCUT2D eigenvalue weighted by molar-refractivity contribution is 0.0987. The van der Waals surface area contributed by atoms with Crippen molar-refractivity contribution in [2.75, 3.05) is 19.0 Å². The van der Waals surface area contributed by atoms with Crippen molar-refractivity contribution in [3.05, 3.63) is 23.8 Å². The molecule has 0 bridgehead atoms. The molecule has 18 heavy (non-hydrogen) atoms. The van der Waals surface area contributed by atoms with Gasteiger partial charge >= 0.3 is 0 Å². The predicted molar refractivity (Wildman–Crippen MR) is 70.4 cm³/mol. The normalized spacial score (nSPS) is 16.7. The SMILES string of the molecule is O=C(CSC1CCOCC1)c1ccc(O)cc1O. The summed E-state index contributed by atoms with van der Waals surface area (Å²) in [5, 5.41) is 19.2. The lowest BCUT2D eigenvalue weighted by Crippen LogP contribution is -2.19. The highest BCUT2D eigenvalue weighted by Crippen LogP contribution is 2.26. The number of phenolic OH excluding ortho intramolecular Hbond substituents is 2. The van der Waals surface area contributed by atoms with E-state index in [-0.39, 0.29) is 22.8 Å². The fraction of sp³-hybridized carbons (Fsp3) is 0.462. The maximum absolute atomic E-state index is 11.9. The van der Waals surface area contributed by atoms with Crippen LogP contribution in [0.3, 0.4) is 0 Å². The Kier molecular flexibility index (Phi) is 4.49. The average Bonchev–Trinajstić information content (AvgIpc) is 2.37. The second-order valence-electron chi connectivity index (χ2n) is 4.25. The van der Waals surface area contributed by atoms with E-state index in [2.05, 4.69) is 0 Å². The smallest absolute Gasteiger partial charge is 0.176 e. The zero-order valence-corrected chi connectivity index (χ0v) is 10.8. The summed E-state index contributed by atoms with van der Waals surface area (Å²) in [5.41, 5.74) is 0.271. The number of carbonyl (C=O) groups excluding carboxylic acids is 1. The van der Waals surface area contributed by atoms with Crippen LogP contribution in [0.5, 0.6) is 11.5 Å². The first-order valence-electron chi connectivity index (χ1n) is 5.91. The largest absolute Gasteiger partial charge is 0.508 e. The molecule has 4 nitrogen and oxygen atoms in total. The quantitative estimate of drug-likeness (QED) is 0.819. The summed E-state index contributed by atoms with van der Waals surface area (Å²) in [4.78, 5) is 11.9. The highest BCUT2D eigenvalue weighted by molar-refractivity contribution is 8.00. The molecule has 1 fully saturated rings. The van der Waals surface area contributed by atoms with E-state index in [0.29, 0.717) is 11.0 Å². The van der Waals surface area contributed by atoms with Gasteiger partial charge in [-0.15, -0.1) is 0 Å². The molecular weight excluding hydrogens is 252 g/mol. The summed E-state index contributed by atoms with van der Waals surface area (Å²) in [5.74, 6) is 0.0425. The number of ketones is 1. The molecule has 0 spiro atoms. The van der Waals surface area contributed by atoms with E-state index >= 15 is 0 Å². The van der Waals surface area contributed by atoms with Gasteiger partial charge in [-0.3, -0.25) is 4.79 Å². The van der Waals surface area contributed by atoms with Gasteiger partial charge in [-0.1, -0.05) is 0 Å². The van der Waals surface area contributed by atoms with Gasteiger partial charge < -0.3 is 14.9 Å². The van der Waals surface area contributed by atoms with Crippen LogP contribution in [0.25, 0.3) is 0 Å². The lowest BCUT2D eigenvalue weighted by Gasteiger charge is -2.21. The molecule has 1 aromatic carbocycles. The van der Waals surface area contributed by atoms with Gasteiger partial charge in [0.25, 0.3) is 0 Å². The van der Waals surface area contributed by atoms with Crippen LogP contribution < -0.4 is 0 Å². The molecule has 0 atom stereocenters. The van der Waals surface area contributed by atoms with Crippen LogP contribution >= 0.6 is 11.8 Å². The first-order chi connectivity index (χ1) is 8.66. The number of benzene rings is 1. The van der Waals surface area contributed by atoms with E-state index in [0.717, 1.165) is 26.1 Å². The molecule has 1 saturated heterocycles. The molecule has 0 unspecified atom stereocenters. The number of thioether (sulfide) groups is 1. The van der Waals surface area contributed by atoms with Gasteiger partial charge in [0.1, 0.15) is 11.5 Å². The van der Waals surface area contributed by atoms with Crippen LogP contribution in [-0.4, -0.2) is 40.2 Å². The summed E-state index contributed by atoms with van der Waals surface area (Å²) in [6.45, 7) is 1.52. The van der Waals surface area contributed by atoms with Crippen molar-refractivity contribution in [2.45, 2.75) is 18.1 Å². The Balaban J connectivity index is 1.90. The number of hydrogen-bond donors (Lipinski definition) is 2. The number of phenols is 2. The second-order valence-corrected chi connectivity index (χ2v) is 5.54. The molecule has 0 aromatic heterocycles. The van der Waals surface area contributed by atoms with Crippen molar-refractivity contribution in [3.8, 4) is 11.5 Å². The van der Waals surface area contributed by atoms with Crippen LogP contribution in [0.15, 0.2) is 18.2 Å². The molecule has 2 N–H and O–H groups in total. The Morgan fingerprint density at radius 2 is 2.06 bits per heavy atom. The Labute approximate surface area is 110 Å². The van der Waals surface area contributed by atoms with Gasteiger partial charge in [-0.05, 0) is 25.0 Å². The van der Waals surface area contributed by atoms with E-state index in [4.69, 9.17) is 9.84 Å². The molecule has 0 saturated carbocycles. The second kappa shape index (κ2) is 6.11. The molecule has 1 aromatic rings. The molecule has 2 rings (SSSR count). The number of Topliss-reactive ketones (excluding diaryl/α,β-unsaturated/α-hetero) is 1. The van der Waals surface area contributed by atoms with Crippen LogP contribution in [0.1, 0.15) is 23.2 Å². The van der Waals surface area contributed by atoms with Crippen molar-refractivity contribution in [2.24, 2.45) is 0 Å². The Hall–Kier alpha value is -1.20. The van der Waals surface area contributed by atoms with Gasteiger partial charge in [-0.2, -0.15) is 11.8 Å². The van der Waals surface area contributed by atoms with Crippen LogP contribution in [0, 0.1) is 0 Å². The van der Waals surface area contributed by atoms with Crippen molar-refractivity contribution >= 4 is 17.5 Å². The molecule has 0 aliphatic carbocycles. The van der Waals surface area contributed by atoms with Crippen molar-refractivity contribution in [3.63, 3.8) is 0 Å². The molecule has 98 valence electrons. The van der Waals surface area contributed by atoms with Crippen molar-refractivity contribution in [1.29, 1.82) is 0 Å². The van der Waals surface area contributed by atoms with E-state index < -0.39 is 0 Å². The summed E-state index contributed by atoms with van der Waals surface area (Å²) in [7, 11) is 0. The molecule has 1 aliphatic rings. The van der Waals surface area contributed by atoms with E-state index in [1.165, 1.54) is 18.2 Å². The van der Waals surface area contributed by atoms with Crippen molar-refractivity contribution < 1.29 is 19.7 Å². The molecule has 1 aliphatic heterocycles. The highest BCUT2D eigenvalue weighted by atomic mass is 32.2.